The number of carbonyl (C=O) groups excluding carboxylic acids is 1. The van der Waals surface area contributed by atoms with Crippen molar-refractivity contribution < 1.29 is 23.8 Å². The van der Waals surface area contributed by atoms with E-state index in [2.05, 4.69) is 0 Å². The first-order valence-electron chi connectivity index (χ1n) is 5.39. The zero-order chi connectivity index (χ0) is 14.6. The number of likely N-dealkylation sites (N-methyl/N-ethyl adjacent to an activating group) is 1. The number of nitrogens with zero attached hydrogens (tertiary/aromatic N) is 1. The van der Waals surface area contributed by atoms with Crippen molar-refractivity contribution in [2.24, 2.45) is 0 Å². The molecule has 104 valence electrons. The van der Waals surface area contributed by atoms with Crippen LogP contribution in [0.4, 0.5) is 4.39 Å². The molecule has 1 aromatic rings. The van der Waals surface area contributed by atoms with Crippen molar-refractivity contribution in [3.8, 4) is 5.75 Å². The van der Waals surface area contributed by atoms with E-state index in [-0.39, 0.29) is 10.8 Å². The maximum Gasteiger partial charge on any atom is 0.323 e. The van der Waals surface area contributed by atoms with E-state index in [9.17, 15) is 14.0 Å². The van der Waals surface area contributed by atoms with Crippen LogP contribution >= 0.6 is 11.6 Å². The summed E-state index contributed by atoms with van der Waals surface area (Å²) in [5.41, 5.74) is 0. The Kier molecular flexibility index (Phi) is 5.11. The Hall–Kier alpha value is -1.82. The quantitative estimate of drug-likeness (QED) is 0.897. The lowest BCUT2D eigenvalue weighted by molar-refractivity contribution is -0.146. The summed E-state index contributed by atoms with van der Waals surface area (Å²) in [6, 6.07) is 3.52. The molecule has 19 heavy (non-hydrogen) atoms. The van der Waals surface area contributed by atoms with Crippen LogP contribution in [0.3, 0.4) is 0 Å². The third-order valence-corrected chi connectivity index (χ3v) is 2.59. The molecule has 7 heteroatoms. The van der Waals surface area contributed by atoms with E-state index in [1.54, 1.807) is 0 Å². The summed E-state index contributed by atoms with van der Waals surface area (Å²) in [5.74, 6) is -1.99. The normalized spacial score (nSPS) is 11.8. The number of aliphatic carboxylic acids is 1. The van der Waals surface area contributed by atoms with Gasteiger partial charge in [0.15, 0.2) is 6.10 Å². The zero-order valence-corrected chi connectivity index (χ0v) is 11.1. The Morgan fingerprint density at radius 3 is 2.68 bits per heavy atom. The van der Waals surface area contributed by atoms with Crippen molar-refractivity contribution in [2.45, 2.75) is 13.0 Å². The molecule has 0 aromatic heterocycles. The Morgan fingerprint density at radius 2 is 2.16 bits per heavy atom. The molecule has 0 aliphatic carbocycles. The summed E-state index contributed by atoms with van der Waals surface area (Å²) >= 11 is 5.76. The van der Waals surface area contributed by atoms with Gasteiger partial charge < -0.3 is 14.7 Å². The molecule has 5 nitrogen and oxygen atoms in total. The highest BCUT2D eigenvalue weighted by Gasteiger charge is 2.21. The Balaban J connectivity index is 2.70. The van der Waals surface area contributed by atoms with Crippen LogP contribution in [0.2, 0.25) is 5.02 Å². The number of hydrogen-bond acceptors (Lipinski definition) is 3. The summed E-state index contributed by atoms with van der Waals surface area (Å²) in [6.45, 7) is 1.03. The molecule has 1 N–H and O–H groups in total. The fourth-order valence-corrected chi connectivity index (χ4v) is 1.61. The molecule has 1 rings (SSSR count). The molecular weight excluding hydrogens is 277 g/mol. The van der Waals surface area contributed by atoms with Crippen LogP contribution in [0, 0.1) is 5.82 Å². The first-order chi connectivity index (χ1) is 8.81. The highest BCUT2D eigenvalue weighted by atomic mass is 35.5. The van der Waals surface area contributed by atoms with Crippen molar-refractivity contribution >= 4 is 23.5 Å². The van der Waals surface area contributed by atoms with Gasteiger partial charge in [-0.05, 0) is 25.1 Å². The smallest absolute Gasteiger partial charge is 0.323 e. The fourth-order valence-electron chi connectivity index (χ4n) is 1.40. The molecule has 0 radical (unpaired) electrons. The van der Waals surface area contributed by atoms with Gasteiger partial charge >= 0.3 is 5.97 Å². The van der Waals surface area contributed by atoms with E-state index in [4.69, 9.17) is 21.4 Å². The lowest BCUT2D eigenvalue weighted by Gasteiger charge is -2.21. The second kappa shape index (κ2) is 6.38. The molecule has 1 aromatic carbocycles. The number of hydrogen-bond donors (Lipinski definition) is 1. The number of benzene rings is 1. The molecular formula is C12H13ClFNO4. The number of carboxylic acids is 1. The summed E-state index contributed by atoms with van der Waals surface area (Å²) in [6.07, 6.45) is -0.924. The molecule has 0 spiro atoms. The molecule has 1 unspecified atom stereocenters. The molecule has 0 aliphatic rings. The minimum Gasteiger partial charge on any atom is -0.480 e. The monoisotopic (exact) mass is 289 g/mol. The van der Waals surface area contributed by atoms with Gasteiger partial charge in [-0.1, -0.05) is 11.6 Å². The first-order valence-corrected chi connectivity index (χ1v) is 5.77. The van der Waals surface area contributed by atoms with Crippen LogP contribution in [0.15, 0.2) is 18.2 Å². The van der Waals surface area contributed by atoms with Crippen LogP contribution in [-0.2, 0) is 9.59 Å². The third-order valence-electron chi connectivity index (χ3n) is 2.29. The molecule has 0 aliphatic heterocycles. The number of amides is 1. The van der Waals surface area contributed by atoms with Crippen molar-refractivity contribution in [1.82, 2.24) is 4.90 Å². The number of halogens is 2. The van der Waals surface area contributed by atoms with E-state index < -0.39 is 30.3 Å². The predicted octanol–water partition coefficient (Wildman–Crippen LogP) is 1.79. The molecule has 0 saturated heterocycles. The molecule has 1 atom stereocenters. The van der Waals surface area contributed by atoms with E-state index in [0.29, 0.717) is 0 Å². The van der Waals surface area contributed by atoms with Gasteiger partial charge in [-0.25, -0.2) is 4.39 Å². The first kappa shape index (κ1) is 15.2. The van der Waals surface area contributed by atoms with Crippen LogP contribution in [0.5, 0.6) is 5.75 Å². The van der Waals surface area contributed by atoms with E-state index in [1.807, 2.05) is 0 Å². The number of carboxylic acid groups (broad SMARTS) is 1. The Bertz CT molecular complexity index is 495. The Labute approximate surface area is 114 Å². The summed E-state index contributed by atoms with van der Waals surface area (Å²) in [4.78, 5) is 23.3. The van der Waals surface area contributed by atoms with Gasteiger partial charge in [-0.15, -0.1) is 0 Å². The van der Waals surface area contributed by atoms with E-state index in [1.165, 1.54) is 20.0 Å². The second-order valence-electron chi connectivity index (χ2n) is 3.92. The minimum absolute atomic E-state index is 0.0422. The largest absolute Gasteiger partial charge is 0.480 e. The lowest BCUT2D eigenvalue weighted by Crippen LogP contribution is -2.40. The van der Waals surface area contributed by atoms with E-state index in [0.717, 1.165) is 17.0 Å². The molecule has 0 saturated carbocycles. The third kappa shape index (κ3) is 4.40. The topological polar surface area (TPSA) is 66.8 Å². The standard InChI is InChI=1S/C12H13ClFNO4/c1-7(12(18)15(2)6-11(16)17)19-10-4-3-8(14)5-9(10)13/h3-5,7H,6H2,1-2H3,(H,16,17). The average molecular weight is 290 g/mol. The highest BCUT2D eigenvalue weighted by molar-refractivity contribution is 6.32. The Morgan fingerprint density at radius 1 is 1.53 bits per heavy atom. The average Bonchev–Trinajstić information content (AvgIpc) is 2.30. The fraction of sp³-hybridized carbons (Fsp3) is 0.333. The van der Waals surface area contributed by atoms with Crippen molar-refractivity contribution in [2.75, 3.05) is 13.6 Å². The maximum atomic E-state index is 12.8. The van der Waals surface area contributed by atoms with Gasteiger partial charge in [-0.2, -0.15) is 0 Å². The van der Waals surface area contributed by atoms with Crippen LogP contribution < -0.4 is 4.74 Å². The van der Waals surface area contributed by atoms with Crippen molar-refractivity contribution in [3.05, 3.63) is 29.0 Å². The van der Waals surface area contributed by atoms with Gasteiger partial charge in [0.1, 0.15) is 18.1 Å². The van der Waals surface area contributed by atoms with Crippen LogP contribution in [0.25, 0.3) is 0 Å². The van der Waals surface area contributed by atoms with Gasteiger partial charge in [0.05, 0.1) is 5.02 Å². The van der Waals surface area contributed by atoms with Gasteiger partial charge in [0.2, 0.25) is 0 Å². The van der Waals surface area contributed by atoms with Crippen molar-refractivity contribution in [3.63, 3.8) is 0 Å². The van der Waals surface area contributed by atoms with Crippen LogP contribution in [-0.4, -0.2) is 41.6 Å². The molecule has 1 amide bonds. The summed E-state index contributed by atoms with van der Waals surface area (Å²) in [5, 5.41) is 8.62. The van der Waals surface area contributed by atoms with Crippen molar-refractivity contribution in [1.29, 1.82) is 0 Å². The van der Waals surface area contributed by atoms with E-state index >= 15 is 0 Å². The molecule has 0 heterocycles. The summed E-state index contributed by atoms with van der Waals surface area (Å²) < 4.78 is 18.1. The SMILES string of the molecule is CC(Oc1ccc(F)cc1Cl)C(=O)N(C)CC(=O)O. The molecule has 0 bridgehead atoms. The highest BCUT2D eigenvalue weighted by Crippen LogP contribution is 2.26. The maximum absolute atomic E-state index is 12.8. The second-order valence-corrected chi connectivity index (χ2v) is 4.33. The number of ether oxygens (including phenoxy) is 1. The molecule has 0 fully saturated rings. The minimum atomic E-state index is -1.12. The van der Waals surface area contributed by atoms with Gasteiger partial charge in [0.25, 0.3) is 5.91 Å². The van der Waals surface area contributed by atoms with Crippen LogP contribution in [0.1, 0.15) is 6.92 Å². The number of rotatable bonds is 5. The summed E-state index contributed by atoms with van der Waals surface area (Å²) in [7, 11) is 1.35. The predicted molar refractivity (Wildman–Crippen MR) is 66.8 cm³/mol. The number of carbonyl (C=O) groups is 2. The van der Waals surface area contributed by atoms with Gasteiger partial charge in [-0.3, -0.25) is 9.59 Å². The zero-order valence-electron chi connectivity index (χ0n) is 10.4. The van der Waals surface area contributed by atoms with Gasteiger partial charge in [0, 0.05) is 7.05 Å². The lowest BCUT2D eigenvalue weighted by atomic mass is 10.3.